The molecule has 1 unspecified atom stereocenters. The summed E-state index contributed by atoms with van der Waals surface area (Å²) < 4.78 is 28.5. The molecule has 0 fully saturated rings. The van der Waals surface area contributed by atoms with Gasteiger partial charge in [0.1, 0.15) is 17.2 Å². The van der Waals surface area contributed by atoms with Crippen LogP contribution in [0.3, 0.4) is 0 Å². The van der Waals surface area contributed by atoms with Crippen molar-refractivity contribution in [2.75, 3.05) is 0 Å². The Morgan fingerprint density at radius 1 is 1.22 bits per heavy atom. The van der Waals surface area contributed by atoms with Crippen molar-refractivity contribution < 1.29 is 18.4 Å². The minimum atomic E-state index is -1.01. The third-order valence-corrected chi connectivity index (χ3v) is 5.14. The molecule has 8 nitrogen and oxygen atoms in total. The van der Waals surface area contributed by atoms with Gasteiger partial charge in [0.05, 0.1) is 5.69 Å². The van der Waals surface area contributed by atoms with Crippen molar-refractivity contribution >= 4 is 11.6 Å². The first-order valence-corrected chi connectivity index (χ1v) is 9.74. The lowest BCUT2D eigenvalue weighted by molar-refractivity contribution is 0.0852. The Bertz CT molecular complexity index is 1320. The van der Waals surface area contributed by atoms with Crippen molar-refractivity contribution in [2.24, 2.45) is 17.9 Å². The van der Waals surface area contributed by atoms with Crippen LogP contribution in [0.15, 0.2) is 46.5 Å². The van der Waals surface area contributed by atoms with Crippen molar-refractivity contribution in [3.63, 3.8) is 0 Å². The number of rotatable bonds is 5. The first kappa shape index (κ1) is 21.3. The minimum absolute atomic E-state index is 0.0227. The Labute approximate surface area is 181 Å². The van der Waals surface area contributed by atoms with Gasteiger partial charge in [-0.3, -0.25) is 9.59 Å². The predicted octanol–water partition coefficient (Wildman–Crippen LogP) is 2.32. The molecule has 2 aromatic heterocycles. The number of aromatic nitrogens is 3. The van der Waals surface area contributed by atoms with E-state index >= 15 is 0 Å². The number of nitrogens with zero attached hydrogens (tertiary/aromatic N) is 4. The van der Waals surface area contributed by atoms with E-state index in [9.17, 15) is 18.4 Å². The van der Waals surface area contributed by atoms with Crippen LogP contribution in [0.5, 0.6) is 0 Å². The van der Waals surface area contributed by atoms with E-state index in [1.807, 2.05) is 0 Å². The van der Waals surface area contributed by atoms with E-state index in [2.05, 4.69) is 15.1 Å². The number of halogens is 2. The fourth-order valence-corrected chi connectivity index (χ4v) is 3.56. The largest absolute Gasteiger partial charge is 0.387 e. The molecule has 1 atom stereocenters. The maximum atomic E-state index is 13.7. The molecule has 0 bridgehead atoms. The van der Waals surface area contributed by atoms with Crippen LogP contribution in [-0.2, 0) is 18.3 Å². The first-order chi connectivity index (χ1) is 15.2. The van der Waals surface area contributed by atoms with Gasteiger partial charge in [-0.25, -0.2) is 18.7 Å². The topological polar surface area (TPSA) is 112 Å². The van der Waals surface area contributed by atoms with Crippen LogP contribution in [0.25, 0.3) is 0 Å². The SMILES string of the molecule is Cc1nc(C(N)=O)c(Cc2ccc(F)c(F)c2)c(C2=NOC(c3ccc(=O)n(C)c3)C2)n1. The van der Waals surface area contributed by atoms with Gasteiger partial charge in [0.2, 0.25) is 5.56 Å². The van der Waals surface area contributed by atoms with E-state index in [4.69, 9.17) is 10.6 Å². The summed E-state index contributed by atoms with van der Waals surface area (Å²) in [6.45, 7) is 1.61. The molecule has 0 aliphatic carbocycles. The van der Waals surface area contributed by atoms with Crippen LogP contribution in [-0.4, -0.2) is 26.2 Å². The Morgan fingerprint density at radius 2 is 2.00 bits per heavy atom. The number of amides is 1. The maximum Gasteiger partial charge on any atom is 0.267 e. The van der Waals surface area contributed by atoms with E-state index < -0.39 is 23.6 Å². The zero-order chi connectivity index (χ0) is 23.0. The summed E-state index contributed by atoms with van der Waals surface area (Å²) in [6.07, 6.45) is 1.56. The van der Waals surface area contributed by atoms with Gasteiger partial charge in [0, 0.05) is 43.3 Å². The number of pyridine rings is 1. The standard InChI is InChI=1S/C22H19F2N5O3/c1-11-26-20(17-9-18(32-28-17)13-4-6-19(30)29(2)10-13)14(21(27-11)22(25)31)7-12-3-5-15(23)16(24)8-12/h3-6,8,10,18H,7,9H2,1-2H3,(H2,25,31). The third kappa shape index (κ3) is 4.11. The van der Waals surface area contributed by atoms with Crippen LogP contribution >= 0.6 is 0 Å². The minimum Gasteiger partial charge on any atom is -0.387 e. The number of hydrogen-bond donors (Lipinski definition) is 1. The molecule has 164 valence electrons. The van der Waals surface area contributed by atoms with Gasteiger partial charge in [0.25, 0.3) is 5.91 Å². The summed E-state index contributed by atoms with van der Waals surface area (Å²) in [5.41, 5.74) is 7.67. The van der Waals surface area contributed by atoms with Crippen molar-refractivity contribution in [2.45, 2.75) is 25.9 Å². The zero-order valence-corrected chi connectivity index (χ0v) is 17.3. The normalized spacial score (nSPS) is 15.4. The van der Waals surface area contributed by atoms with Gasteiger partial charge in [-0.1, -0.05) is 11.2 Å². The van der Waals surface area contributed by atoms with Crippen molar-refractivity contribution in [3.8, 4) is 0 Å². The van der Waals surface area contributed by atoms with Crippen LogP contribution < -0.4 is 11.3 Å². The number of oxime groups is 1. The molecular formula is C22H19F2N5O3. The number of nitrogens with two attached hydrogens (primary N) is 1. The Kier molecular flexibility index (Phi) is 5.52. The molecule has 0 saturated heterocycles. The highest BCUT2D eigenvalue weighted by Gasteiger charge is 2.29. The fraction of sp³-hybridized carbons (Fsp3) is 0.227. The van der Waals surface area contributed by atoms with Crippen LogP contribution in [0.4, 0.5) is 8.78 Å². The molecule has 10 heteroatoms. The number of hydrogen-bond acceptors (Lipinski definition) is 6. The summed E-state index contributed by atoms with van der Waals surface area (Å²) in [6, 6.07) is 6.56. The molecule has 32 heavy (non-hydrogen) atoms. The highest BCUT2D eigenvalue weighted by Crippen LogP contribution is 2.30. The predicted molar refractivity (Wildman–Crippen MR) is 111 cm³/mol. The van der Waals surface area contributed by atoms with E-state index in [1.165, 1.54) is 16.7 Å². The van der Waals surface area contributed by atoms with Gasteiger partial charge in [-0.05, 0) is 30.7 Å². The van der Waals surface area contributed by atoms with E-state index in [0.29, 0.717) is 34.8 Å². The maximum absolute atomic E-state index is 13.7. The highest BCUT2D eigenvalue weighted by atomic mass is 19.2. The highest BCUT2D eigenvalue weighted by molar-refractivity contribution is 6.03. The lowest BCUT2D eigenvalue weighted by Crippen LogP contribution is -2.21. The summed E-state index contributed by atoms with van der Waals surface area (Å²) in [7, 11) is 1.63. The summed E-state index contributed by atoms with van der Waals surface area (Å²) in [5, 5.41) is 4.14. The molecule has 3 heterocycles. The smallest absolute Gasteiger partial charge is 0.267 e. The van der Waals surface area contributed by atoms with Gasteiger partial charge < -0.3 is 15.1 Å². The van der Waals surface area contributed by atoms with Crippen molar-refractivity contribution in [3.05, 3.63) is 92.4 Å². The third-order valence-electron chi connectivity index (χ3n) is 5.14. The molecule has 1 aromatic carbocycles. The molecule has 3 aromatic rings. The van der Waals surface area contributed by atoms with E-state index in [-0.39, 0.29) is 17.7 Å². The second-order valence-corrected chi connectivity index (χ2v) is 7.48. The average molecular weight is 439 g/mol. The fourth-order valence-electron chi connectivity index (χ4n) is 3.56. The van der Waals surface area contributed by atoms with Crippen molar-refractivity contribution in [1.29, 1.82) is 0 Å². The second kappa shape index (κ2) is 8.29. The monoisotopic (exact) mass is 439 g/mol. The molecule has 0 spiro atoms. The molecule has 4 rings (SSSR count). The number of primary amides is 1. The number of carbonyl (C=O) groups excluding carboxylic acids is 1. The molecule has 1 amide bonds. The van der Waals surface area contributed by atoms with Crippen molar-refractivity contribution in [1.82, 2.24) is 14.5 Å². The van der Waals surface area contributed by atoms with Crippen LogP contribution in [0, 0.1) is 18.6 Å². The lowest BCUT2D eigenvalue weighted by atomic mass is 9.96. The number of aryl methyl sites for hydroxylation is 2. The van der Waals surface area contributed by atoms with Crippen LogP contribution in [0.1, 0.15) is 51.2 Å². The summed E-state index contributed by atoms with van der Waals surface area (Å²) >= 11 is 0. The first-order valence-electron chi connectivity index (χ1n) is 9.74. The Hall–Kier alpha value is -3.95. The Morgan fingerprint density at radius 3 is 2.69 bits per heavy atom. The summed E-state index contributed by atoms with van der Waals surface area (Å²) in [5.74, 6) is -2.45. The van der Waals surface area contributed by atoms with Gasteiger partial charge in [0.15, 0.2) is 17.7 Å². The lowest BCUT2D eigenvalue weighted by Gasteiger charge is -2.13. The molecule has 1 aliphatic heterocycles. The quantitative estimate of drug-likeness (QED) is 0.656. The summed E-state index contributed by atoms with van der Waals surface area (Å²) in [4.78, 5) is 37.9. The molecule has 0 radical (unpaired) electrons. The van der Waals surface area contributed by atoms with Gasteiger partial charge >= 0.3 is 0 Å². The van der Waals surface area contributed by atoms with E-state index in [0.717, 1.165) is 17.7 Å². The molecule has 2 N–H and O–H groups in total. The number of benzene rings is 1. The van der Waals surface area contributed by atoms with Crippen LogP contribution in [0.2, 0.25) is 0 Å². The van der Waals surface area contributed by atoms with Gasteiger partial charge in [-0.15, -0.1) is 0 Å². The second-order valence-electron chi connectivity index (χ2n) is 7.48. The molecule has 0 saturated carbocycles. The molecule has 1 aliphatic rings. The average Bonchev–Trinajstić information content (AvgIpc) is 3.23. The Balaban J connectivity index is 1.73. The van der Waals surface area contributed by atoms with E-state index in [1.54, 1.807) is 26.2 Å². The van der Waals surface area contributed by atoms with Gasteiger partial charge in [-0.2, -0.15) is 0 Å². The zero-order valence-electron chi connectivity index (χ0n) is 17.3. The number of carbonyl (C=O) groups is 1. The molecular weight excluding hydrogens is 420 g/mol.